The molecule has 2 aromatic heterocycles. The third-order valence-corrected chi connectivity index (χ3v) is 6.59. The third kappa shape index (κ3) is 1.67. The van der Waals surface area contributed by atoms with Gasteiger partial charge in [0.05, 0.1) is 5.52 Å². The van der Waals surface area contributed by atoms with Crippen molar-refractivity contribution in [1.82, 2.24) is 4.57 Å². The summed E-state index contributed by atoms with van der Waals surface area (Å²) in [4.78, 5) is 0. The van der Waals surface area contributed by atoms with Gasteiger partial charge in [0, 0.05) is 43.5 Å². The quantitative estimate of drug-likeness (QED) is 0.285. The van der Waals surface area contributed by atoms with Crippen molar-refractivity contribution in [3.63, 3.8) is 0 Å². The lowest BCUT2D eigenvalue weighted by Gasteiger charge is -2.00. The first kappa shape index (κ1) is 13.5. The minimum Gasteiger partial charge on any atom is -0.344 e. The zero-order valence-corrected chi connectivity index (χ0v) is 14.6. The molecule has 0 aliphatic heterocycles. The van der Waals surface area contributed by atoms with E-state index in [4.69, 9.17) is 0 Å². The monoisotopic (exact) mass is 337 g/mol. The third-order valence-electron chi connectivity index (χ3n) is 5.38. The Morgan fingerprint density at radius 2 is 1.44 bits per heavy atom. The second kappa shape index (κ2) is 4.62. The molecule has 1 nitrogen and oxygen atoms in total. The highest BCUT2D eigenvalue weighted by Crippen LogP contribution is 2.42. The number of aryl methyl sites for hydroxylation is 1. The first-order valence-corrected chi connectivity index (χ1v) is 9.34. The Hall–Kier alpha value is -2.84. The van der Waals surface area contributed by atoms with E-state index in [0.717, 1.165) is 0 Å². The van der Waals surface area contributed by atoms with Gasteiger partial charge in [0.15, 0.2) is 0 Å². The fourth-order valence-electron chi connectivity index (χ4n) is 4.15. The first-order valence-electron chi connectivity index (χ1n) is 8.52. The average Bonchev–Trinajstić information content (AvgIpc) is 3.16. The molecule has 0 saturated heterocycles. The average molecular weight is 337 g/mol. The predicted molar refractivity (Wildman–Crippen MR) is 111 cm³/mol. The molecule has 0 fully saturated rings. The maximum absolute atomic E-state index is 2.36. The Kier molecular flexibility index (Phi) is 2.48. The van der Waals surface area contributed by atoms with Crippen LogP contribution in [0.5, 0.6) is 0 Å². The van der Waals surface area contributed by atoms with Crippen molar-refractivity contribution in [2.75, 3.05) is 0 Å². The molecule has 0 aliphatic rings. The van der Waals surface area contributed by atoms with Crippen molar-refractivity contribution < 1.29 is 0 Å². The molecule has 0 bridgehead atoms. The highest BCUT2D eigenvalue weighted by molar-refractivity contribution is 7.26. The van der Waals surface area contributed by atoms with E-state index in [1.165, 1.54) is 52.8 Å². The largest absolute Gasteiger partial charge is 0.344 e. The number of hydrogen-bond donors (Lipinski definition) is 0. The van der Waals surface area contributed by atoms with Gasteiger partial charge in [-0.25, -0.2) is 0 Å². The molecule has 6 rings (SSSR count). The van der Waals surface area contributed by atoms with Crippen molar-refractivity contribution in [2.45, 2.75) is 0 Å². The summed E-state index contributed by atoms with van der Waals surface area (Å²) in [5, 5.41) is 8.08. The van der Waals surface area contributed by atoms with Crippen LogP contribution in [0, 0.1) is 0 Å². The number of benzene rings is 4. The molecule has 0 saturated carbocycles. The zero-order valence-electron chi connectivity index (χ0n) is 13.8. The number of fused-ring (bicyclic) bond motifs is 8. The summed E-state index contributed by atoms with van der Waals surface area (Å²) >= 11 is 1.91. The van der Waals surface area contributed by atoms with Crippen LogP contribution in [0.25, 0.3) is 52.8 Å². The topological polar surface area (TPSA) is 4.93 Å². The summed E-state index contributed by atoms with van der Waals surface area (Å²) < 4.78 is 5.10. The van der Waals surface area contributed by atoms with Gasteiger partial charge >= 0.3 is 0 Å². The second-order valence-corrected chi connectivity index (χ2v) is 7.76. The summed E-state index contributed by atoms with van der Waals surface area (Å²) in [6.45, 7) is 0. The van der Waals surface area contributed by atoms with Crippen LogP contribution in [0.3, 0.4) is 0 Å². The number of nitrogens with zero attached hydrogens (tertiary/aromatic N) is 1. The fourth-order valence-corrected chi connectivity index (χ4v) is 5.41. The second-order valence-electron chi connectivity index (χ2n) is 6.71. The highest BCUT2D eigenvalue weighted by atomic mass is 32.1. The van der Waals surface area contributed by atoms with E-state index in [2.05, 4.69) is 84.4 Å². The molecule has 2 heterocycles. The Bertz CT molecular complexity index is 1450. The van der Waals surface area contributed by atoms with Gasteiger partial charge < -0.3 is 4.57 Å². The van der Waals surface area contributed by atoms with Gasteiger partial charge in [0.1, 0.15) is 0 Å². The maximum Gasteiger partial charge on any atom is 0.0503 e. The van der Waals surface area contributed by atoms with Gasteiger partial charge in [-0.15, -0.1) is 11.3 Å². The molecule has 0 atom stereocenters. The van der Waals surface area contributed by atoms with Crippen molar-refractivity contribution in [3.8, 4) is 0 Å². The van der Waals surface area contributed by atoms with Gasteiger partial charge in [-0.3, -0.25) is 0 Å². The summed E-state index contributed by atoms with van der Waals surface area (Å²) in [5.41, 5.74) is 2.61. The standard InChI is InChI=1S/C23H15NS/c1-24-19-11-10-17-16-8-4-5-9-21(16)25-23(17)22(19)18-12-14-6-2-3-7-15(14)13-20(18)24/h2-13H,1H3. The van der Waals surface area contributed by atoms with Crippen LogP contribution in [0.2, 0.25) is 0 Å². The van der Waals surface area contributed by atoms with Crippen LogP contribution in [-0.2, 0) is 7.05 Å². The van der Waals surface area contributed by atoms with Gasteiger partial charge in [0.2, 0.25) is 0 Å². The van der Waals surface area contributed by atoms with E-state index in [1.807, 2.05) is 11.3 Å². The first-order chi connectivity index (χ1) is 12.3. The molecule has 118 valence electrons. The number of thiophene rings is 1. The van der Waals surface area contributed by atoms with E-state index < -0.39 is 0 Å². The predicted octanol–water partition coefficient (Wildman–Crippen LogP) is 6.85. The lowest BCUT2D eigenvalue weighted by Crippen LogP contribution is -1.86. The number of rotatable bonds is 0. The van der Waals surface area contributed by atoms with Crippen molar-refractivity contribution in [3.05, 3.63) is 72.8 Å². The number of hydrogen-bond acceptors (Lipinski definition) is 1. The van der Waals surface area contributed by atoms with Crippen LogP contribution in [0.4, 0.5) is 0 Å². The van der Waals surface area contributed by atoms with Crippen LogP contribution in [-0.4, -0.2) is 4.57 Å². The van der Waals surface area contributed by atoms with Crippen molar-refractivity contribution in [2.24, 2.45) is 7.05 Å². The van der Waals surface area contributed by atoms with E-state index in [9.17, 15) is 0 Å². The van der Waals surface area contributed by atoms with Crippen molar-refractivity contribution in [1.29, 1.82) is 0 Å². The summed E-state index contributed by atoms with van der Waals surface area (Å²) in [5.74, 6) is 0. The van der Waals surface area contributed by atoms with Gasteiger partial charge in [-0.05, 0) is 35.0 Å². The fraction of sp³-hybridized carbons (Fsp3) is 0.0435. The molecule has 0 N–H and O–H groups in total. The molecular weight excluding hydrogens is 322 g/mol. The lowest BCUT2D eigenvalue weighted by atomic mass is 10.0. The summed E-state index contributed by atoms with van der Waals surface area (Å²) in [6.07, 6.45) is 0. The maximum atomic E-state index is 2.36. The molecule has 2 heteroatoms. The van der Waals surface area contributed by atoms with E-state index in [1.54, 1.807) is 0 Å². The van der Waals surface area contributed by atoms with E-state index >= 15 is 0 Å². The molecule has 4 aromatic carbocycles. The van der Waals surface area contributed by atoms with Crippen molar-refractivity contribution >= 4 is 64.1 Å². The Labute approximate surface area is 148 Å². The molecule has 25 heavy (non-hydrogen) atoms. The minimum absolute atomic E-state index is 1.30. The van der Waals surface area contributed by atoms with Gasteiger partial charge in [-0.2, -0.15) is 0 Å². The Balaban J connectivity index is 1.93. The molecular formula is C23H15NS. The van der Waals surface area contributed by atoms with Crippen LogP contribution >= 0.6 is 11.3 Å². The SMILES string of the molecule is Cn1c2cc3ccccc3cc2c2c3sc4ccccc4c3ccc21. The van der Waals surface area contributed by atoms with E-state index in [0.29, 0.717) is 0 Å². The molecule has 0 amide bonds. The molecule has 0 unspecified atom stereocenters. The zero-order chi connectivity index (χ0) is 16.5. The molecule has 6 aromatic rings. The van der Waals surface area contributed by atoms with Crippen LogP contribution < -0.4 is 0 Å². The summed E-state index contributed by atoms with van der Waals surface area (Å²) in [6, 6.07) is 26.6. The molecule has 0 spiro atoms. The highest BCUT2D eigenvalue weighted by Gasteiger charge is 2.15. The van der Waals surface area contributed by atoms with Crippen LogP contribution in [0.15, 0.2) is 72.8 Å². The van der Waals surface area contributed by atoms with Crippen LogP contribution in [0.1, 0.15) is 0 Å². The lowest BCUT2D eigenvalue weighted by molar-refractivity contribution is 1.02. The number of aromatic nitrogens is 1. The minimum atomic E-state index is 1.30. The Morgan fingerprint density at radius 3 is 2.32 bits per heavy atom. The normalized spacial score (nSPS) is 12.2. The van der Waals surface area contributed by atoms with E-state index in [-0.39, 0.29) is 0 Å². The van der Waals surface area contributed by atoms with Gasteiger partial charge in [-0.1, -0.05) is 48.5 Å². The molecule has 0 aliphatic carbocycles. The molecule has 0 radical (unpaired) electrons. The smallest absolute Gasteiger partial charge is 0.0503 e. The Morgan fingerprint density at radius 1 is 0.680 bits per heavy atom. The van der Waals surface area contributed by atoms with Gasteiger partial charge in [0.25, 0.3) is 0 Å². The summed E-state index contributed by atoms with van der Waals surface area (Å²) in [7, 11) is 2.18.